The Bertz CT molecular complexity index is 1420. The van der Waals surface area contributed by atoms with Crippen LogP contribution in [0.15, 0.2) is 116 Å². The van der Waals surface area contributed by atoms with Crippen LogP contribution in [-0.2, 0) is 51.1 Å². The molecule has 3 aromatic rings. The van der Waals surface area contributed by atoms with Crippen LogP contribution in [-0.4, -0.2) is 74.6 Å². The zero-order chi connectivity index (χ0) is 36.0. The van der Waals surface area contributed by atoms with Crippen LogP contribution < -0.4 is 0 Å². The summed E-state index contributed by atoms with van der Waals surface area (Å²) in [5.74, 6) is 0.501. The fraction of sp³-hybridized carbons (Fsp3) is 0.476. The molecule has 1 N–H and O–H groups in total. The molecular weight excluding hydrogens is 648 g/mol. The summed E-state index contributed by atoms with van der Waals surface area (Å²) in [5, 5.41) is 9.48. The molecule has 276 valence electrons. The largest absolute Gasteiger partial charge is 0.394 e. The third-order valence-corrected chi connectivity index (χ3v) is 9.76. The van der Waals surface area contributed by atoms with Crippen molar-refractivity contribution in [3.8, 4) is 0 Å². The van der Waals surface area contributed by atoms with Crippen LogP contribution in [0.5, 0.6) is 0 Å². The average Bonchev–Trinajstić information content (AvgIpc) is 3.18. The molecule has 1 unspecified atom stereocenters. The zero-order valence-corrected chi connectivity index (χ0v) is 30.0. The van der Waals surface area contributed by atoms with Crippen molar-refractivity contribution in [1.82, 2.24) is 0 Å². The second-order valence-electron chi connectivity index (χ2n) is 13.3. The molecule has 3 aliphatic heterocycles. The highest BCUT2D eigenvalue weighted by Crippen LogP contribution is 2.38. The van der Waals surface area contributed by atoms with Crippen molar-refractivity contribution in [3.05, 3.63) is 133 Å². The van der Waals surface area contributed by atoms with Crippen LogP contribution in [0.1, 0.15) is 43.8 Å². The van der Waals surface area contributed by atoms with Gasteiger partial charge in [0, 0.05) is 11.5 Å². The fourth-order valence-corrected chi connectivity index (χ4v) is 6.65. The van der Waals surface area contributed by atoms with Crippen LogP contribution in [0.3, 0.4) is 0 Å². The van der Waals surface area contributed by atoms with Crippen LogP contribution in [0.2, 0.25) is 0 Å². The molecule has 51 heavy (non-hydrogen) atoms. The van der Waals surface area contributed by atoms with Crippen molar-refractivity contribution in [1.29, 1.82) is 0 Å². The maximum Gasteiger partial charge on any atom is 0.184 e. The molecule has 0 amide bonds. The minimum atomic E-state index is -0.492. The van der Waals surface area contributed by atoms with Gasteiger partial charge in [0.25, 0.3) is 0 Å². The Kier molecular flexibility index (Phi) is 15.4. The molecule has 3 aliphatic rings. The standard InChI is InChI=1S/C24H28O5.C18H26O4/c1-3-14-25-24-22(26-15-18-10-6-4-7-11-18)17(2)21-20(28-24)16-27-23(29-21)19-12-8-5-9-13-19;1-4-10-20-18-17(14(3)13(2)16(11-19)22-18)21-12-15-8-6-5-7-9-15/h3-13,17,20-24H,1,14-16H2,2H3;4-9,13-14,16-19H,1,10-12H2,2-3H3/t17-,20+,21-,22+,23?,24-;13-,14-,16+,17+,18-/m00/s1. The molecule has 0 aliphatic carbocycles. The maximum absolute atomic E-state index is 9.48. The second-order valence-corrected chi connectivity index (χ2v) is 13.3. The summed E-state index contributed by atoms with van der Waals surface area (Å²) in [7, 11) is 0. The fourth-order valence-electron chi connectivity index (χ4n) is 6.65. The van der Waals surface area contributed by atoms with Gasteiger partial charge in [-0.1, -0.05) is 124 Å². The van der Waals surface area contributed by atoms with Gasteiger partial charge >= 0.3 is 0 Å². The van der Waals surface area contributed by atoms with Crippen molar-refractivity contribution >= 4 is 0 Å². The van der Waals surface area contributed by atoms with E-state index in [-0.39, 0.29) is 54.9 Å². The first-order valence-electron chi connectivity index (χ1n) is 17.9. The Morgan fingerprint density at radius 3 is 1.69 bits per heavy atom. The highest BCUT2D eigenvalue weighted by molar-refractivity contribution is 5.17. The molecule has 3 aromatic carbocycles. The van der Waals surface area contributed by atoms with E-state index < -0.39 is 18.9 Å². The minimum Gasteiger partial charge on any atom is -0.394 e. The van der Waals surface area contributed by atoms with Crippen LogP contribution in [0.25, 0.3) is 0 Å². The smallest absolute Gasteiger partial charge is 0.184 e. The predicted octanol–water partition coefficient (Wildman–Crippen LogP) is 7.01. The topological polar surface area (TPSA) is 94.1 Å². The number of benzene rings is 3. The summed E-state index contributed by atoms with van der Waals surface area (Å²) in [6.45, 7) is 16.0. The molecule has 3 fully saturated rings. The normalized spacial score (nSPS) is 31.8. The second kappa shape index (κ2) is 20.1. The van der Waals surface area contributed by atoms with Gasteiger partial charge in [0.2, 0.25) is 0 Å². The number of hydrogen-bond acceptors (Lipinski definition) is 9. The molecule has 9 nitrogen and oxygen atoms in total. The first-order valence-corrected chi connectivity index (χ1v) is 17.9. The quantitative estimate of drug-likeness (QED) is 0.178. The van der Waals surface area contributed by atoms with E-state index in [1.807, 2.05) is 91.0 Å². The predicted molar refractivity (Wildman–Crippen MR) is 194 cm³/mol. The van der Waals surface area contributed by atoms with E-state index in [1.165, 1.54) is 0 Å². The van der Waals surface area contributed by atoms with Crippen LogP contribution >= 0.6 is 0 Å². The van der Waals surface area contributed by atoms with E-state index >= 15 is 0 Å². The molecule has 0 radical (unpaired) electrons. The molecule has 0 saturated carbocycles. The maximum atomic E-state index is 9.48. The van der Waals surface area contributed by atoms with Gasteiger partial charge < -0.3 is 43.0 Å². The van der Waals surface area contributed by atoms with E-state index in [4.69, 9.17) is 37.9 Å². The highest BCUT2D eigenvalue weighted by atomic mass is 16.8. The Morgan fingerprint density at radius 1 is 0.647 bits per heavy atom. The molecular formula is C42H54O9. The summed E-state index contributed by atoms with van der Waals surface area (Å²) in [4.78, 5) is 0. The molecule has 9 heteroatoms. The number of aliphatic hydroxyl groups excluding tert-OH is 1. The van der Waals surface area contributed by atoms with Gasteiger partial charge in [-0.25, -0.2) is 0 Å². The van der Waals surface area contributed by atoms with Crippen LogP contribution in [0.4, 0.5) is 0 Å². The van der Waals surface area contributed by atoms with Gasteiger partial charge in [-0.2, -0.15) is 0 Å². The lowest BCUT2D eigenvalue weighted by Gasteiger charge is -2.48. The van der Waals surface area contributed by atoms with E-state index in [9.17, 15) is 5.11 Å². The highest BCUT2D eigenvalue weighted by Gasteiger charge is 2.49. The lowest BCUT2D eigenvalue weighted by molar-refractivity contribution is -0.356. The molecule has 11 atom stereocenters. The lowest BCUT2D eigenvalue weighted by Crippen LogP contribution is -2.59. The molecule has 0 bridgehead atoms. The Hall–Kier alpha value is -3.22. The van der Waals surface area contributed by atoms with Gasteiger partial charge in [0.15, 0.2) is 18.9 Å². The van der Waals surface area contributed by atoms with Crippen molar-refractivity contribution in [2.75, 3.05) is 26.4 Å². The number of hydrogen-bond donors (Lipinski definition) is 1. The first-order chi connectivity index (χ1) is 24.9. The Morgan fingerprint density at radius 2 is 1.16 bits per heavy atom. The SMILES string of the molecule is C=CCO[C@H]1O[C@@H]2COC(c3ccccc3)O[C@H]2[C@H](C)[C@H]1OCc1ccccc1.C=CCO[C@H]1O[C@H](CO)[C@@H](C)[C@H](C)[C@H]1OCc1ccccc1. The minimum absolute atomic E-state index is 0.00907. The first kappa shape index (κ1) is 39.0. The van der Waals surface area contributed by atoms with Gasteiger partial charge in [-0.3, -0.25) is 0 Å². The number of ether oxygens (including phenoxy) is 8. The number of fused-ring (bicyclic) bond motifs is 1. The van der Waals surface area contributed by atoms with Gasteiger partial charge in [-0.15, -0.1) is 13.2 Å². The third-order valence-electron chi connectivity index (χ3n) is 9.76. The number of rotatable bonds is 14. The van der Waals surface area contributed by atoms with E-state index in [1.54, 1.807) is 12.2 Å². The van der Waals surface area contributed by atoms with Crippen molar-refractivity contribution in [3.63, 3.8) is 0 Å². The molecule has 0 spiro atoms. The Labute approximate surface area is 303 Å². The molecule has 6 rings (SSSR count). The summed E-state index contributed by atoms with van der Waals surface area (Å²) in [6.07, 6.45) is 1.05. The van der Waals surface area contributed by atoms with Gasteiger partial charge in [0.05, 0.1) is 51.8 Å². The van der Waals surface area contributed by atoms with E-state index in [0.29, 0.717) is 33.0 Å². The summed E-state index contributed by atoms with van der Waals surface area (Å²) in [6, 6.07) is 30.1. The van der Waals surface area contributed by atoms with E-state index in [0.717, 1.165) is 16.7 Å². The molecule has 3 heterocycles. The summed E-state index contributed by atoms with van der Waals surface area (Å²) < 4.78 is 48.3. The van der Waals surface area contributed by atoms with Crippen molar-refractivity contribution in [2.45, 2.75) is 83.4 Å². The monoisotopic (exact) mass is 702 g/mol. The van der Waals surface area contributed by atoms with E-state index in [2.05, 4.69) is 33.9 Å². The zero-order valence-electron chi connectivity index (χ0n) is 30.0. The molecule has 0 aromatic heterocycles. The van der Waals surface area contributed by atoms with Crippen molar-refractivity contribution in [2.24, 2.45) is 17.8 Å². The van der Waals surface area contributed by atoms with Gasteiger partial charge in [-0.05, 0) is 23.0 Å². The summed E-state index contributed by atoms with van der Waals surface area (Å²) in [5.41, 5.74) is 3.23. The lowest BCUT2D eigenvalue weighted by atomic mass is 9.83. The van der Waals surface area contributed by atoms with Gasteiger partial charge in [0.1, 0.15) is 18.3 Å². The third kappa shape index (κ3) is 10.7. The Balaban J connectivity index is 0.000000206. The number of aliphatic hydroxyl groups is 1. The molecule has 3 saturated heterocycles. The summed E-state index contributed by atoms with van der Waals surface area (Å²) >= 11 is 0. The average molecular weight is 703 g/mol. The van der Waals surface area contributed by atoms with Crippen LogP contribution in [0, 0.1) is 17.8 Å². The van der Waals surface area contributed by atoms with Crippen molar-refractivity contribution < 1.29 is 43.0 Å².